The van der Waals surface area contributed by atoms with Gasteiger partial charge in [-0.3, -0.25) is 4.79 Å². The van der Waals surface area contributed by atoms with Crippen molar-refractivity contribution in [3.05, 3.63) is 0 Å². The maximum Gasteiger partial charge on any atom is 0.309 e. The van der Waals surface area contributed by atoms with Crippen molar-refractivity contribution in [3.63, 3.8) is 0 Å². The maximum absolute atomic E-state index is 11.8. The minimum atomic E-state index is -0.599. The van der Waals surface area contributed by atoms with E-state index in [-0.39, 0.29) is 6.10 Å². The number of carbonyl (C=O) groups is 1. The molecule has 1 heterocycles. The molecule has 2 fully saturated rings. The van der Waals surface area contributed by atoms with Gasteiger partial charge in [-0.2, -0.15) is 0 Å². The van der Waals surface area contributed by atoms with E-state index in [0.717, 1.165) is 44.9 Å². The highest BCUT2D eigenvalue weighted by Crippen LogP contribution is 2.46. The van der Waals surface area contributed by atoms with Gasteiger partial charge in [0.05, 0.1) is 17.6 Å². The van der Waals surface area contributed by atoms with Crippen LogP contribution in [0, 0.1) is 17.3 Å². The van der Waals surface area contributed by atoms with Gasteiger partial charge >= 0.3 is 5.97 Å². The van der Waals surface area contributed by atoms with Gasteiger partial charge in [-0.1, -0.05) is 13.8 Å². The third kappa shape index (κ3) is 3.31. The summed E-state index contributed by atoms with van der Waals surface area (Å²) in [5.41, 5.74) is -0.514. The molecule has 1 N–H and O–H groups in total. The van der Waals surface area contributed by atoms with Gasteiger partial charge in [-0.05, 0) is 63.7 Å². The second-order valence-corrected chi connectivity index (χ2v) is 7.02. The van der Waals surface area contributed by atoms with Crippen LogP contribution < -0.4 is 0 Å². The summed E-state index contributed by atoms with van der Waals surface area (Å²) in [4.78, 5) is 11.8. The smallest absolute Gasteiger partial charge is 0.309 e. The zero-order chi connectivity index (χ0) is 14.0. The van der Waals surface area contributed by atoms with Crippen molar-refractivity contribution < 1.29 is 14.6 Å². The van der Waals surface area contributed by atoms with Gasteiger partial charge in [0, 0.05) is 0 Å². The highest BCUT2D eigenvalue weighted by Gasteiger charge is 2.44. The Balaban J connectivity index is 1.98. The topological polar surface area (TPSA) is 46.5 Å². The lowest BCUT2D eigenvalue weighted by Crippen LogP contribution is -2.39. The summed E-state index contributed by atoms with van der Waals surface area (Å²) < 4.78 is 5.85. The van der Waals surface area contributed by atoms with Crippen molar-refractivity contribution in [1.82, 2.24) is 0 Å². The molecule has 2 atom stereocenters. The summed E-state index contributed by atoms with van der Waals surface area (Å²) in [7, 11) is 0. The summed E-state index contributed by atoms with van der Waals surface area (Å²) in [5.74, 6) is 0.781. The molecule has 0 aromatic carbocycles. The van der Waals surface area contributed by atoms with Gasteiger partial charge in [0.15, 0.2) is 0 Å². The highest BCUT2D eigenvalue weighted by molar-refractivity contribution is 5.74. The molecule has 0 spiro atoms. The normalized spacial score (nSPS) is 39.7. The van der Waals surface area contributed by atoms with Crippen molar-refractivity contribution >= 4 is 5.97 Å². The van der Waals surface area contributed by atoms with Crippen LogP contribution in [0.25, 0.3) is 0 Å². The zero-order valence-corrected chi connectivity index (χ0v) is 12.5. The number of aliphatic carboxylic acids is 1. The van der Waals surface area contributed by atoms with Crippen molar-refractivity contribution in [2.24, 2.45) is 17.3 Å². The Labute approximate surface area is 116 Å². The van der Waals surface area contributed by atoms with Crippen molar-refractivity contribution in [2.45, 2.75) is 77.9 Å². The second kappa shape index (κ2) is 5.82. The van der Waals surface area contributed by atoms with Crippen LogP contribution in [0.15, 0.2) is 0 Å². The fourth-order valence-electron chi connectivity index (χ4n) is 3.84. The summed E-state index contributed by atoms with van der Waals surface area (Å²) in [6.45, 7) is 6.59. The molecule has 1 aliphatic heterocycles. The van der Waals surface area contributed by atoms with E-state index in [0.29, 0.717) is 17.9 Å². The fourth-order valence-corrected chi connectivity index (χ4v) is 3.84. The average molecular weight is 268 g/mol. The number of hydrogen-bond acceptors (Lipinski definition) is 2. The Bertz CT molecular complexity index is 316. The lowest BCUT2D eigenvalue weighted by Gasteiger charge is -2.39. The Hall–Kier alpha value is -0.570. The molecule has 0 aromatic heterocycles. The quantitative estimate of drug-likeness (QED) is 0.842. The SMILES string of the molecule is CC1CCC(CC2(C(=O)O)CCC(C(C)C)CC2)O1. The van der Waals surface area contributed by atoms with Gasteiger partial charge in [-0.25, -0.2) is 0 Å². The van der Waals surface area contributed by atoms with Crippen molar-refractivity contribution in [1.29, 1.82) is 0 Å². The first-order valence-electron chi connectivity index (χ1n) is 7.82. The lowest BCUT2D eigenvalue weighted by molar-refractivity contribution is -0.155. The Morgan fingerprint density at radius 2 is 1.89 bits per heavy atom. The maximum atomic E-state index is 11.8. The van der Waals surface area contributed by atoms with E-state index in [4.69, 9.17) is 4.74 Å². The Morgan fingerprint density at radius 3 is 2.32 bits per heavy atom. The first-order chi connectivity index (χ1) is 8.93. The molecular weight excluding hydrogens is 240 g/mol. The average Bonchev–Trinajstić information content (AvgIpc) is 2.75. The van der Waals surface area contributed by atoms with Crippen LogP contribution in [0.1, 0.15) is 65.7 Å². The zero-order valence-electron chi connectivity index (χ0n) is 12.5. The van der Waals surface area contributed by atoms with E-state index in [9.17, 15) is 9.90 Å². The summed E-state index contributed by atoms with van der Waals surface area (Å²) in [5, 5.41) is 9.68. The standard InChI is InChI=1S/C16H28O3/c1-11(2)13-6-8-16(9-7-13,15(17)18)10-14-5-4-12(3)19-14/h11-14H,4-10H2,1-3H3,(H,17,18). The third-order valence-electron chi connectivity index (χ3n) is 5.32. The van der Waals surface area contributed by atoms with Gasteiger partial charge in [0.2, 0.25) is 0 Å². The monoisotopic (exact) mass is 268 g/mol. The van der Waals surface area contributed by atoms with E-state index >= 15 is 0 Å². The molecule has 1 saturated carbocycles. The largest absolute Gasteiger partial charge is 0.481 e. The molecule has 1 aliphatic carbocycles. The Kier molecular flexibility index (Phi) is 4.54. The molecule has 2 aliphatic rings. The van der Waals surface area contributed by atoms with E-state index in [1.165, 1.54) is 0 Å². The molecule has 0 radical (unpaired) electrons. The number of hydrogen-bond donors (Lipinski definition) is 1. The molecule has 1 saturated heterocycles. The van der Waals surface area contributed by atoms with Crippen molar-refractivity contribution in [2.75, 3.05) is 0 Å². The number of rotatable bonds is 4. The Morgan fingerprint density at radius 1 is 1.26 bits per heavy atom. The molecule has 0 aromatic rings. The highest BCUT2D eigenvalue weighted by atomic mass is 16.5. The van der Waals surface area contributed by atoms with Crippen LogP contribution in [0.3, 0.4) is 0 Å². The van der Waals surface area contributed by atoms with Crippen LogP contribution >= 0.6 is 0 Å². The van der Waals surface area contributed by atoms with Crippen LogP contribution in [0.4, 0.5) is 0 Å². The van der Waals surface area contributed by atoms with Crippen LogP contribution in [0.5, 0.6) is 0 Å². The second-order valence-electron chi connectivity index (χ2n) is 7.02. The van der Waals surface area contributed by atoms with E-state index in [2.05, 4.69) is 20.8 Å². The van der Waals surface area contributed by atoms with Crippen molar-refractivity contribution in [3.8, 4) is 0 Å². The third-order valence-corrected chi connectivity index (χ3v) is 5.32. The number of carboxylic acids is 1. The fraction of sp³-hybridized carbons (Fsp3) is 0.938. The summed E-state index contributed by atoms with van der Waals surface area (Å²) in [6.07, 6.45) is 7.10. The van der Waals surface area contributed by atoms with E-state index in [1.807, 2.05) is 0 Å². The van der Waals surface area contributed by atoms with Crippen LogP contribution in [-0.2, 0) is 9.53 Å². The molecule has 2 unspecified atom stereocenters. The molecule has 110 valence electrons. The molecule has 3 heteroatoms. The number of ether oxygens (including phenoxy) is 1. The van der Waals surface area contributed by atoms with Gasteiger partial charge in [-0.15, -0.1) is 0 Å². The van der Waals surface area contributed by atoms with Gasteiger partial charge in [0.25, 0.3) is 0 Å². The minimum absolute atomic E-state index is 0.168. The molecule has 3 nitrogen and oxygen atoms in total. The van der Waals surface area contributed by atoms with Crippen LogP contribution in [-0.4, -0.2) is 23.3 Å². The first-order valence-corrected chi connectivity index (χ1v) is 7.82. The van der Waals surface area contributed by atoms with Gasteiger partial charge in [0.1, 0.15) is 0 Å². The van der Waals surface area contributed by atoms with Crippen LogP contribution in [0.2, 0.25) is 0 Å². The predicted molar refractivity (Wildman–Crippen MR) is 75.1 cm³/mol. The lowest BCUT2D eigenvalue weighted by atomic mass is 9.65. The summed E-state index contributed by atoms with van der Waals surface area (Å²) in [6, 6.07) is 0. The van der Waals surface area contributed by atoms with E-state index < -0.39 is 11.4 Å². The van der Waals surface area contributed by atoms with Gasteiger partial charge < -0.3 is 9.84 Å². The summed E-state index contributed by atoms with van der Waals surface area (Å²) >= 11 is 0. The number of carboxylic acid groups (broad SMARTS) is 1. The molecular formula is C16H28O3. The molecule has 0 bridgehead atoms. The predicted octanol–water partition coefficient (Wildman–Crippen LogP) is 3.86. The van der Waals surface area contributed by atoms with E-state index in [1.54, 1.807) is 0 Å². The molecule has 0 amide bonds. The first kappa shape index (κ1) is 14.8. The molecule has 19 heavy (non-hydrogen) atoms. The minimum Gasteiger partial charge on any atom is -0.481 e. The molecule has 2 rings (SSSR count).